The van der Waals surface area contributed by atoms with Crippen LogP contribution in [-0.2, 0) is 4.79 Å². The predicted molar refractivity (Wildman–Crippen MR) is 114 cm³/mol. The Kier molecular flexibility index (Phi) is 5.18. The fraction of sp³-hybridized carbons (Fsp3) is 0.190. The molecule has 0 spiro atoms. The van der Waals surface area contributed by atoms with E-state index in [0.29, 0.717) is 11.4 Å². The summed E-state index contributed by atoms with van der Waals surface area (Å²) >= 11 is 1.50. The number of hydrogen-bond acceptors (Lipinski definition) is 6. The molecule has 0 saturated carbocycles. The molecule has 29 heavy (non-hydrogen) atoms. The molecule has 1 aliphatic rings. The van der Waals surface area contributed by atoms with E-state index in [0.717, 1.165) is 33.1 Å². The van der Waals surface area contributed by atoms with Crippen LogP contribution in [-0.4, -0.2) is 37.1 Å². The fourth-order valence-corrected chi connectivity index (χ4v) is 3.84. The molecule has 3 aromatic rings. The fourth-order valence-electron chi connectivity index (χ4n) is 3.04. The molecule has 1 aromatic heterocycles. The van der Waals surface area contributed by atoms with Gasteiger partial charge in [-0.3, -0.25) is 9.79 Å². The summed E-state index contributed by atoms with van der Waals surface area (Å²) in [5, 5.41) is 9.66. The molecule has 0 atom stereocenters. The van der Waals surface area contributed by atoms with Crippen LogP contribution in [0.4, 0.5) is 5.69 Å². The minimum Gasteiger partial charge on any atom is -0.497 e. The van der Waals surface area contributed by atoms with Crippen LogP contribution in [0.25, 0.3) is 11.3 Å². The molecule has 0 aliphatic carbocycles. The number of anilines is 1. The van der Waals surface area contributed by atoms with Gasteiger partial charge < -0.3 is 14.8 Å². The summed E-state index contributed by atoms with van der Waals surface area (Å²) in [5.74, 6) is 1.27. The molecule has 4 rings (SSSR count). The Labute approximate surface area is 171 Å². The van der Waals surface area contributed by atoms with E-state index in [-0.39, 0.29) is 12.5 Å². The Morgan fingerprint density at radius 2 is 2.14 bits per heavy atom. The first-order chi connectivity index (χ1) is 14.1. The molecule has 1 aliphatic heterocycles. The highest BCUT2D eigenvalue weighted by molar-refractivity contribution is 7.07. The third-order valence-corrected chi connectivity index (χ3v) is 5.43. The van der Waals surface area contributed by atoms with Gasteiger partial charge in [-0.25, -0.2) is 4.68 Å². The lowest BCUT2D eigenvalue weighted by molar-refractivity contribution is -0.118. The van der Waals surface area contributed by atoms with Crippen molar-refractivity contribution in [2.24, 2.45) is 10.1 Å². The molecule has 2 heterocycles. The first-order valence-electron chi connectivity index (χ1n) is 8.99. The maximum Gasteiger partial charge on any atom is 0.262 e. The molecule has 0 radical (unpaired) electrons. The van der Waals surface area contributed by atoms with Gasteiger partial charge >= 0.3 is 0 Å². The van der Waals surface area contributed by atoms with Gasteiger partial charge in [0.1, 0.15) is 11.5 Å². The van der Waals surface area contributed by atoms with Gasteiger partial charge in [0.25, 0.3) is 5.91 Å². The lowest BCUT2D eigenvalue weighted by Crippen LogP contribution is -2.25. The number of aromatic nitrogens is 1. The second-order valence-corrected chi connectivity index (χ2v) is 7.24. The molecular formula is C21H20N4O3S. The van der Waals surface area contributed by atoms with Gasteiger partial charge in [-0.15, -0.1) is 11.3 Å². The van der Waals surface area contributed by atoms with Gasteiger partial charge in [0.05, 0.1) is 24.2 Å². The van der Waals surface area contributed by atoms with Crippen molar-refractivity contribution in [2.75, 3.05) is 26.1 Å². The van der Waals surface area contributed by atoms with Crippen LogP contribution in [0.2, 0.25) is 0 Å². The molecule has 148 valence electrons. The number of hydrogen-bond donors (Lipinski definition) is 1. The van der Waals surface area contributed by atoms with Gasteiger partial charge in [0, 0.05) is 23.6 Å². The van der Waals surface area contributed by atoms with Crippen LogP contribution < -0.4 is 19.6 Å². The van der Waals surface area contributed by atoms with Crippen LogP contribution in [0.5, 0.6) is 11.5 Å². The van der Waals surface area contributed by atoms with E-state index in [2.05, 4.69) is 10.3 Å². The van der Waals surface area contributed by atoms with Gasteiger partial charge in [-0.05, 0) is 37.3 Å². The van der Waals surface area contributed by atoms with Crippen molar-refractivity contribution in [3.8, 4) is 22.8 Å². The van der Waals surface area contributed by atoms with Crippen molar-refractivity contribution in [3.63, 3.8) is 0 Å². The monoisotopic (exact) mass is 408 g/mol. The molecular weight excluding hydrogens is 388 g/mol. The molecule has 1 amide bonds. The van der Waals surface area contributed by atoms with Gasteiger partial charge in [-0.1, -0.05) is 12.1 Å². The van der Waals surface area contributed by atoms with E-state index < -0.39 is 0 Å². The summed E-state index contributed by atoms with van der Waals surface area (Å²) in [4.78, 5) is 16.8. The van der Waals surface area contributed by atoms with Gasteiger partial charge in [0.2, 0.25) is 4.80 Å². The summed E-state index contributed by atoms with van der Waals surface area (Å²) in [5.41, 5.74) is 4.22. The second-order valence-electron chi connectivity index (χ2n) is 6.40. The van der Waals surface area contributed by atoms with E-state index in [4.69, 9.17) is 14.6 Å². The minimum atomic E-state index is -0.163. The standard InChI is InChI=1S/C21H20N4O3S/c1-13(14-5-4-6-16(9-14)27-3)24-25-18(12-29-21(25)22-2)15-7-8-19-17(10-15)23-20(26)11-28-19/h4-10,12H,11H2,1-3H3,(H,23,26). The van der Waals surface area contributed by atoms with Gasteiger partial charge in [-0.2, -0.15) is 5.10 Å². The number of fused-ring (bicyclic) bond motifs is 1. The molecule has 8 heteroatoms. The summed E-state index contributed by atoms with van der Waals surface area (Å²) in [6, 6.07) is 13.5. The van der Waals surface area contributed by atoms with Crippen LogP contribution in [0.15, 0.2) is 57.9 Å². The van der Waals surface area contributed by atoms with Crippen molar-refractivity contribution < 1.29 is 14.3 Å². The van der Waals surface area contributed by atoms with Crippen molar-refractivity contribution in [3.05, 3.63) is 58.2 Å². The summed E-state index contributed by atoms with van der Waals surface area (Å²) in [7, 11) is 3.38. The molecule has 2 aromatic carbocycles. The number of rotatable bonds is 4. The van der Waals surface area contributed by atoms with E-state index in [1.807, 2.05) is 59.4 Å². The van der Waals surface area contributed by atoms with Crippen molar-refractivity contribution >= 4 is 28.6 Å². The number of carbonyl (C=O) groups excluding carboxylic acids is 1. The number of thiazole rings is 1. The van der Waals surface area contributed by atoms with Crippen LogP contribution in [0.1, 0.15) is 12.5 Å². The normalized spacial score (nSPS) is 14.2. The molecule has 1 N–H and O–H groups in total. The zero-order valence-corrected chi connectivity index (χ0v) is 17.1. The Bertz CT molecular complexity index is 1180. The van der Waals surface area contributed by atoms with E-state index in [1.165, 1.54) is 11.3 Å². The highest BCUT2D eigenvalue weighted by Gasteiger charge is 2.18. The van der Waals surface area contributed by atoms with Crippen LogP contribution in [0.3, 0.4) is 0 Å². The largest absolute Gasteiger partial charge is 0.497 e. The smallest absolute Gasteiger partial charge is 0.262 e. The maximum absolute atomic E-state index is 11.7. The quantitative estimate of drug-likeness (QED) is 0.673. The average Bonchev–Trinajstić information content (AvgIpc) is 3.15. The van der Waals surface area contributed by atoms with Crippen molar-refractivity contribution in [1.29, 1.82) is 0 Å². The topological polar surface area (TPSA) is 77.2 Å². The number of ether oxygens (including phenoxy) is 2. The van der Waals surface area contributed by atoms with E-state index in [9.17, 15) is 4.79 Å². The van der Waals surface area contributed by atoms with Crippen LogP contribution in [0, 0.1) is 0 Å². The molecule has 0 fully saturated rings. The van der Waals surface area contributed by atoms with Crippen molar-refractivity contribution in [1.82, 2.24) is 4.68 Å². The lowest BCUT2D eigenvalue weighted by atomic mass is 10.1. The third kappa shape index (κ3) is 3.79. The SMILES string of the molecule is CN=c1scc(-c2ccc3c(c2)NC(=O)CO3)n1N=C(C)c1cccc(OC)c1. The lowest BCUT2D eigenvalue weighted by Gasteiger charge is -2.18. The predicted octanol–water partition coefficient (Wildman–Crippen LogP) is 3.36. The number of nitrogens with one attached hydrogen (secondary N) is 1. The third-order valence-electron chi connectivity index (χ3n) is 4.52. The first-order valence-corrected chi connectivity index (χ1v) is 9.87. The maximum atomic E-state index is 11.7. The highest BCUT2D eigenvalue weighted by atomic mass is 32.1. The Morgan fingerprint density at radius 3 is 2.93 bits per heavy atom. The molecule has 0 saturated heterocycles. The summed E-state index contributed by atoms with van der Waals surface area (Å²) in [6.45, 7) is 1.98. The zero-order chi connectivity index (χ0) is 20.4. The van der Waals surface area contributed by atoms with Gasteiger partial charge in [0.15, 0.2) is 6.61 Å². The van der Waals surface area contributed by atoms with E-state index >= 15 is 0 Å². The highest BCUT2D eigenvalue weighted by Crippen LogP contribution is 2.33. The number of benzene rings is 2. The number of nitrogens with zero attached hydrogens (tertiary/aromatic N) is 3. The number of carbonyl (C=O) groups is 1. The zero-order valence-electron chi connectivity index (χ0n) is 16.3. The van der Waals surface area contributed by atoms with Crippen molar-refractivity contribution in [2.45, 2.75) is 6.92 Å². The Balaban J connectivity index is 1.79. The Morgan fingerprint density at radius 1 is 1.28 bits per heavy atom. The molecule has 7 nitrogen and oxygen atoms in total. The summed E-state index contributed by atoms with van der Waals surface area (Å²) < 4.78 is 12.6. The Hall–Kier alpha value is -3.39. The number of methoxy groups -OCH3 is 1. The van der Waals surface area contributed by atoms with E-state index in [1.54, 1.807) is 14.2 Å². The summed E-state index contributed by atoms with van der Waals surface area (Å²) in [6.07, 6.45) is 0. The van der Waals surface area contributed by atoms with Crippen LogP contribution >= 0.6 is 11.3 Å². The number of amides is 1. The minimum absolute atomic E-state index is 0.0354. The molecule has 0 bridgehead atoms. The molecule has 0 unspecified atom stereocenters. The second kappa shape index (κ2) is 7.92. The average molecular weight is 408 g/mol. The first kappa shape index (κ1) is 18.9.